The second-order valence-corrected chi connectivity index (χ2v) is 9.38. The van der Waals surface area contributed by atoms with Gasteiger partial charge in [-0.15, -0.1) is 0 Å². The lowest BCUT2D eigenvalue weighted by molar-refractivity contribution is -0.137. The minimum absolute atomic E-state index is 0.0232. The maximum Gasteiger partial charge on any atom is 0.342 e. The third-order valence-electron chi connectivity index (χ3n) is 4.70. The third kappa shape index (κ3) is 4.47. The number of hydrogen-bond acceptors (Lipinski definition) is 7. The minimum Gasteiger partial charge on any atom is -0.496 e. The van der Waals surface area contributed by atoms with Gasteiger partial charge in [0.1, 0.15) is 11.3 Å². The molecule has 1 saturated heterocycles. The van der Waals surface area contributed by atoms with Crippen molar-refractivity contribution in [2.75, 3.05) is 31.0 Å². The highest BCUT2D eigenvalue weighted by atomic mass is 35.5. The summed E-state index contributed by atoms with van der Waals surface area (Å²) in [7, 11) is -1.74. The number of benzene rings is 1. The molecule has 148 valence electrons. The Bertz CT molecular complexity index is 868. The lowest BCUT2D eigenvalue weighted by atomic mass is 10.2. The molecule has 3 rings (SSSR count). The van der Waals surface area contributed by atoms with Crippen molar-refractivity contribution in [3.8, 4) is 5.75 Å². The number of methoxy groups -OCH3 is 1. The van der Waals surface area contributed by atoms with Gasteiger partial charge in [-0.1, -0.05) is 11.6 Å². The molecule has 0 unspecified atom stereocenters. The molecule has 2 N–H and O–H groups in total. The summed E-state index contributed by atoms with van der Waals surface area (Å²) in [6.45, 7) is -0.475. The summed E-state index contributed by atoms with van der Waals surface area (Å²) in [4.78, 5) is 26.5. The Labute approximate surface area is 162 Å². The van der Waals surface area contributed by atoms with Crippen molar-refractivity contribution in [3.05, 3.63) is 22.7 Å². The van der Waals surface area contributed by atoms with Crippen LogP contribution in [0.15, 0.2) is 12.1 Å². The Morgan fingerprint density at radius 3 is 2.52 bits per heavy atom. The summed E-state index contributed by atoms with van der Waals surface area (Å²) in [5.74, 6) is -0.930. The number of sulfone groups is 1. The number of halogens is 1. The number of hydrogen-bond donors (Lipinski definition) is 1. The average molecular weight is 417 g/mol. The molecule has 1 aliphatic heterocycles. The zero-order valence-corrected chi connectivity index (χ0v) is 16.4. The predicted octanol–water partition coefficient (Wildman–Crippen LogP) is 1.27. The van der Waals surface area contributed by atoms with Gasteiger partial charge >= 0.3 is 5.97 Å². The van der Waals surface area contributed by atoms with Crippen LogP contribution in [0.25, 0.3) is 0 Å². The molecule has 1 heterocycles. The van der Waals surface area contributed by atoms with Crippen LogP contribution in [0.3, 0.4) is 0 Å². The summed E-state index contributed by atoms with van der Waals surface area (Å²) in [6.07, 6.45) is 2.08. The molecule has 2 aliphatic rings. The molecule has 1 atom stereocenters. The minimum atomic E-state index is -3.12. The average Bonchev–Trinajstić information content (AvgIpc) is 3.38. The molecule has 0 aromatic heterocycles. The van der Waals surface area contributed by atoms with Crippen molar-refractivity contribution in [3.63, 3.8) is 0 Å². The van der Waals surface area contributed by atoms with Gasteiger partial charge in [0.2, 0.25) is 0 Å². The van der Waals surface area contributed by atoms with Crippen molar-refractivity contribution in [1.29, 1.82) is 0 Å². The maximum absolute atomic E-state index is 12.6. The van der Waals surface area contributed by atoms with Crippen molar-refractivity contribution in [2.24, 2.45) is 0 Å². The number of ether oxygens (including phenoxy) is 2. The van der Waals surface area contributed by atoms with E-state index in [9.17, 15) is 18.0 Å². The summed E-state index contributed by atoms with van der Waals surface area (Å²) < 4.78 is 33.7. The van der Waals surface area contributed by atoms with E-state index in [2.05, 4.69) is 0 Å². The van der Waals surface area contributed by atoms with Crippen LogP contribution in [0.1, 0.15) is 29.6 Å². The number of nitrogens with two attached hydrogens (primary N) is 1. The Morgan fingerprint density at radius 2 is 1.96 bits per heavy atom. The van der Waals surface area contributed by atoms with E-state index in [-0.39, 0.29) is 45.6 Å². The van der Waals surface area contributed by atoms with Gasteiger partial charge in [-0.05, 0) is 25.3 Å². The van der Waals surface area contributed by atoms with Crippen LogP contribution in [0.5, 0.6) is 5.75 Å². The van der Waals surface area contributed by atoms with E-state index in [4.69, 9.17) is 26.8 Å². The van der Waals surface area contributed by atoms with Crippen LogP contribution in [0.2, 0.25) is 5.02 Å². The summed E-state index contributed by atoms with van der Waals surface area (Å²) in [5.41, 5.74) is 6.00. The number of rotatable bonds is 6. The van der Waals surface area contributed by atoms with Gasteiger partial charge in [-0.25, -0.2) is 13.2 Å². The first-order valence-corrected chi connectivity index (χ1v) is 10.7. The normalized spacial score (nSPS) is 20.9. The van der Waals surface area contributed by atoms with Crippen molar-refractivity contribution < 1.29 is 27.5 Å². The first-order valence-electron chi connectivity index (χ1n) is 8.53. The Hall–Kier alpha value is -2.00. The van der Waals surface area contributed by atoms with E-state index in [0.717, 1.165) is 12.8 Å². The van der Waals surface area contributed by atoms with Gasteiger partial charge in [0.25, 0.3) is 5.91 Å². The van der Waals surface area contributed by atoms with E-state index in [0.29, 0.717) is 6.42 Å². The molecule has 0 radical (unpaired) electrons. The summed E-state index contributed by atoms with van der Waals surface area (Å²) >= 11 is 5.94. The van der Waals surface area contributed by atoms with E-state index >= 15 is 0 Å². The lowest BCUT2D eigenvalue weighted by Crippen LogP contribution is -2.44. The molecular weight excluding hydrogens is 396 g/mol. The van der Waals surface area contributed by atoms with E-state index in [1.54, 1.807) is 4.90 Å². The lowest BCUT2D eigenvalue weighted by Gasteiger charge is -2.28. The summed E-state index contributed by atoms with van der Waals surface area (Å²) in [6, 6.07) is 2.40. The summed E-state index contributed by atoms with van der Waals surface area (Å²) in [5, 5.41) is 0.171. The molecule has 2 fully saturated rings. The number of nitrogen functional groups attached to an aromatic ring is 1. The monoisotopic (exact) mass is 416 g/mol. The van der Waals surface area contributed by atoms with Crippen LogP contribution in [0, 0.1) is 0 Å². The van der Waals surface area contributed by atoms with Crippen molar-refractivity contribution in [1.82, 2.24) is 4.90 Å². The Morgan fingerprint density at radius 1 is 1.26 bits per heavy atom. The topological polar surface area (TPSA) is 116 Å². The number of carbonyl (C=O) groups excluding carboxylic acids is 2. The maximum atomic E-state index is 12.6. The number of esters is 1. The zero-order chi connectivity index (χ0) is 19.8. The highest BCUT2D eigenvalue weighted by Gasteiger charge is 2.42. The van der Waals surface area contributed by atoms with Crippen LogP contribution < -0.4 is 10.5 Å². The quantitative estimate of drug-likeness (QED) is 0.548. The van der Waals surface area contributed by atoms with E-state index < -0.39 is 28.3 Å². The van der Waals surface area contributed by atoms with Gasteiger partial charge in [-0.3, -0.25) is 4.79 Å². The van der Waals surface area contributed by atoms with Crippen molar-refractivity contribution in [2.45, 2.75) is 31.3 Å². The van der Waals surface area contributed by atoms with Gasteiger partial charge in [-0.2, -0.15) is 0 Å². The predicted molar refractivity (Wildman–Crippen MR) is 99.6 cm³/mol. The fraction of sp³-hybridized carbons (Fsp3) is 0.529. The molecule has 10 heteroatoms. The second-order valence-electron chi connectivity index (χ2n) is 6.74. The molecule has 1 aromatic rings. The van der Waals surface area contributed by atoms with Crippen LogP contribution >= 0.6 is 11.6 Å². The molecule has 1 aromatic carbocycles. The van der Waals surface area contributed by atoms with Gasteiger partial charge < -0.3 is 20.1 Å². The first-order chi connectivity index (χ1) is 12.7. The first kappa shape index (κ1) is 19.8. The SMILES string of the molecule is COc1cc(N)c(Cl)cc1C(=O)OCC(=O)N(C1CC1)[C@@H]1CCS(=O)(=O)C1. The highest BCUT2D eigenvalue weighted by Crippen LogP contribution is 2.33. The third-order valence-corrected chi connectivity index (χ3v) is 6.77. The smallest absolute Gasteiger partial charge is 0.342 e. The van der Waals surface area contributed by atoms with Crippen molar-refractivity contribution >= 4 is 39.0 Å². The molecule has 1 amide bonds. The highest BCUT2D eigenvalue weighted by molar-refractivity contribution is 7.91. The fourth-order valence-corrected chi connectivity index (χ4v) is 5.11. The van der Waals surface area contributed by atoms with Crippen LogP contribution in [-0.2, 0) is 19.4 Å². The molecule has 27 heavy (non-hydrogen) atoms. The number of carbonyl (C=O) groups is 2. The van der Waals surface area contributed by atoms with E-state index in [1.807, 2.05) is 0 Å². The Balaban J connectivity index is 1.67. The van der Waals surface area contributed by atoms with Gasteiger partial charge in [0, 0.05) is 18.2 Å². The van der Waals surface area contributed by atoms with Gasteiger partial charge in [0.05, 0.1) is 29.3 Å². The van der Waals surface area contributed by atoms with Crippen LogP contribution in [0.4, 0.5) is 5.69 Å². The molecular formula is C17H21ClN2O6S. The standard InChI is InChI=1S/C17H21ClN2O6S/c1-25-15-7-14(19)13(18)6-12(15)17(22)26-8-16(21)20(10-2-3-10)11-4-5-27(23,24)9-11/h6-7,10-11H,2-5,8-9,19H2,1H3/t11-/m1/s1. The number of anilines is 1. The van der Waals surface area contributed by atoms with Gasteiger partial charge in [0.15, 0.2) is 16.4 Å². The molecule has 8 nitrogen and oxygen atoms in total. The fourth-order valence-electron chi connectivity index (χ4n) is 3.23. The number of nitrogens with zero attached hydrogens (tertiary/aromatic N) is 1. The zero-order valence-electron chi connectivity index (χ0n) is 14.8. The van der Waals surface area contributed by atoms with Crippen LogP contribution in [-0.4, -0.2) is 62.5 Å². The Kier molecular flexibility index (Phi) is 5.53. The largest absolute Gasteiger partial charge is 0.496 e. The molecule has 0 spiro atoms. The second kappa shape index (κ2) is 7.55. The van der Waals surface area contributed by atoms with E-state index in [1.165, 1.54) is 19.2 Å². The number of amides is 1. The molecule has 1 saturated carbocycles. The molecule has 1 aliphatic carbocycles. The molecule has 0 bridgehead atoms.